The van der Waals surface area contributed by atoms with Gasteiger partial charge in [0.05, 0.1) is 5.56 Å². The maximum atomic E-state index is 13.1. The predicted molar refractivity (Wildman–Crippen MR) is 69.3 cm³/mol. The van der Waals surface area contributed by atoms with E-state index in [0.717, 1.165) is 11.0 Å². The molecular weight excluding hydrogens is 270 g/mol. The monoisotopic (exact) mass is 280 g/mol. The first-order valence-electron chi connectivity index (χ1n) is 5.46. The highest BCUT2D eigenvalue weighted by Gasteiger charge is 2.11. The van der Waals surface area contributed by atoms with E-state index in [1.54, 1.807) is 12.1 Å². The van der Waals surface area contributed by atoms with Crippen LogP contribution in [0.3, 0.4) is 0 Å². The van der Waals surface area contributed by atoms with Crippen molar-refractivity contribution in [2.24, 2.45) is 0 Å². The Morgan fingerprint density at radius 1 is 1.05 bits per heavy atom. The van der Waals surface area contributed by atoms with Crippen LogP contribution in [0.5, 0.6) is 0 Å². The third-order valence-corrected chi connectivity index (χ3v) is 3.57. The predicted octanol–water partition coefficient (Wildman–Crippen LogP) is 3.96. The van der Waals surface area contributed by atoms with Crippen LogP contribution in [0.4, 0.5) is 8.78 Å². The molecule has 0 radical (unpaired) electrons. The molecule has 2 aromatic carbocycles. The summed E-state index contributed by atoms with van der Waals surface area (Å²) in [6.45, 7) is 0. The van der Waals surface area contributed by atoms with E-state index in [-0.39, 0.29) is 11.4 Å². The van der Waals surface area contributed by atoms with Crippen molar-refractivity contribution >= 4 is 17.7 Å². The van der Waals surface area contributed by atoms with Gasteiger partial charge in [-0.3, -0.25) is 0 Å². The molecule has 0 atom stereocenters. The van der Waals surface area contributed by atoms with Gasteiger partial charge in [0.25, 0.3) is 0 Å². The summed E-state index contributed by atoms with van der Waals surface area (Å²) in [4.78, 5) is 11.8. The van der Waals surface area contributed by atoms with Crippen molar-refractivity contribution in [2.75, 3.05) is 0 Å². The summed E-state index contributed by atoms with van der Waals surface area (Å²) in [6.07, 6.45) is 0. The van der Waals surface area contributed by atoms with Crippen LogP contribution in [0.15, 0.2) is 47.4 Å². The highest BCUT2D eigenvalue weighted by molar-refractivity contribution is 7.98. The molecule has 0 aromatic heterocycles. The summed E-state index contributed by atoms with van der Waals surface area (Å²) in [5, 5.41) is 9.01. The summed E-state index contributed by atoms with van der Waals surface area (Å²) >= 11 is 1.33. The van der Waals surface area contributed by atoms with Crippen molar-refractivity contribution in [1.82, 2.24) is 0 Å². The minimum Gasteiger partial charge on any atom is -0.478 e. The van der Waals surface area contributed by atoms with Crippen molar-refractivity contribution in [3.63, 3.8) is 0 Å². The minimum absolute atomic E-state index is 0.0796. The fraction of sp³-hybridized carbons (Fsp3) is 0.0714. The van der Waals surface area contributed by atoms with E-state index in [2.05, 4.69) is 0 Å². The van der Waals surface area contributed by atoms with Gasteiger partial charge in [-0.1, -0.05) is 0 Å². The quantitative estimate of drug-likeness (QED) is 0.861. The van der Waals surface area contributed by atoms with Gasteiger partial charge in [0.2, 0.25) is 0 Å². The Hall–Kier alpha value is -1.88. The van der Waals surface area contributed by atoms with Crippen molar-refractivity contribution in [2.45, 2.75) is 10.6 Å². The minimum atomic E-state index is -1.09. The Kier molecular flexibility index (Phi) is 4.16. The maximum absolute atomic E-state index is 13.1. The molecule has 0 bridgehead atoms. The summed E-state index contributed by atoms with van der Waals surface area (Å²) < 4.78 is 25.9. The van der Waals surface area contributed by atoms with E-state index in [9.17, 15) is 13.6 Å². The van der Waals surface area contributed by atoms with E-state index >= 15 is 0 Å². The molecule has 0 amide bonds. The molecule has 0 aliphatic rings. The first-order chi connectivity index (χ1) is 9.06. The normalized spacial score (nSPS) is 10.4. The molecule has 19 heavy (non-hydrogen) atoms. The molecule has 98 valence electrons. The van der Waals surface area contributed by atoms with Gasteiger partial charge in [-0.05, 0) is 48.0 Å². The molecule has 0 saturated heterocycles. The first kappa shape index (κ1) is 13.5. The first-order valence-corrected chi connectivity index (χ1v) is 6.45. The van der Waals surface area contributed by atoms with Crippen LogP contribution in [-0.2, 0) is 5.75 Å². The van der Waals surface area contributed by atoms with E-state index < -0.39 is 11.8 Å². The topological polar surface area (TPSA) is 37.3 Å². The Bertz CT molecular complexity index is 597. The van der Waals surface area contributed by atoms with Crippen LogP contribution in [0.2, 0.25) is 0 Å². The fourth-order valence-electron chi connectivity index (χ4n) is 1.58. The van der Waals surface area contributed by atoms with Crippen LogP contribution in [0.1, 0.15) is 15.9 Å². The van der Waals surface area contributed by atoms with Crippen LogP contribution in [0.25, 0.3) is 0 Å². The Morgan fingerprint density at radius 2 is 1.68 bits per heavy atom. The number of carboxylic acid groups (broad SMARTS) is 1. The average Bonchev–Trinajstić information content (AvgIpc) is 2.38. The highest BCUT2D eigenvalue weighted by atomic mass is 32.2. The van der Waals surface area contributed by atoms with Gasteiger partial charge in [-0.25, -0.2) is 13.6 Å². The van der Waals surface area contributed by atoms with E-state index in [1.807, 2.05) is 0 Å². The lowest BCUT2D eigenvalue weighted by molar-refractivity contribution is 0.0696. The Labute approximate surface area is 113 Å². The van der Waals surface area contributed by atoms with Gasteiger partial charge in [0, 0.05) is 10.6 Å². The SMILES string of the molecule is O=C(O)c1ccc(F)cc1CSc1ccc(F)cc1. The molecule has 5 heteroatoms. The standard InChI is InChI=1S/C14H10F2O2S/c15-10-1-4-12(5-2-10)19-8-9-7-11(16)3-6-13(9)14(17)18/h1-7H,8H2,(H,17,18). The molecule has 0 heterocycles. The Morgan fingerprint density at radius 3 is 2.32 bits per heavy atom. The van der Waals surface area contributed by atoms with Crippen molar-refractivity contribution in [1.29, 1.82) is 0 Å². The zero-order valence-electron chi connectivity index (χ0n) is 9.77. The maximum Gasteiger partial charge on any atom is 0.335 e. The molecule has 0 unspecified atom stereocenters. The van der Waals surface area contributed by atoms with E-state index in [1.165, 1.54) is 36.0 Å². The third kappa shape index (κ3) is 3.54. The molecule has 0 aliphatic heterocycles. The number of carboxylic acids is 1. The molecule has 2 rings (SSSR count). The molecule has 1 N–H and O–H groups in total. The summed E-state index contributed by atoms with van der Waals surface area (Å²) in [7, 11) is 0. The van der Waals surface area contributed by atoms with Gasteiger partial charge in [-0.2, -0.15) is 0 Å². The molecule has 0 spiro atoms. The average molecular weight is 280 g/mol. The lowest BCUT2D eigenvalue weighted by Gasteiger charge is -2.06. The fourth-order valence-corrected chi connectivity index (χ4v) is 2.47. The molecule has 2 nitrogen and oxygen atoms in total. The largest absolute Gasteiger partial charge is 0.478 e. The zero-order chi connectivity index (χ0) is 13.8. The lowest BCUT2D eigenvalue weighted by Crippen LogP contribution is -2.02. The van der Waals surface area contributed by atoms with Crippen LogP contribution >= 0.6 is 11.8 Å². The number of thioether (sulfide) groups is 1. The highest BCUT2D eigenvalue weighted by Crippen LogP contribution is 2.25. The number of carbonyl (C=O) groups is 1. The van der Waals surface area contributed by atoms with Crippen molar-refractivity contribution in [3.8, 4) is 0 Å². The van der Waals surface area contributed by atoms with E-state index in [0.29, 0.717) is 11.3 Å². The number of rotatable bonds is 4. The van der Waals surface area contributed by atoms with Gasteiger partial charge >= 0.3 is 5.97 Å². The van der Waals surface area contributed by atoms with Gasteiger partial charge in [-0.15, -0.1) is 11.8 Å². The van der Waals surface area contributed by atoms with Gasteiger partial charge < -0.3 is 5.11 Å². The van der Waals surface area contributed by atoms with Gasteiger partial charge in [0.15, 0.2) is 0 Å². The Balaban J connectivity index is 2.16. The second-order valence-electron chi connectivity index (χ2n) is 3.85. The van der Waals surface area contributed by atoms with Crippen LogP contribution < -0.4 is 0 Å². The number of aromatic carboxylic acids is 1. The van der Waals surface area contributed by atoms with Crippen molar-refractivity contribution in [3.05, 3.63) is 65.2 Å². The molecule has 2 aromatic rings. The molecule has 0 fully saturated rings. The van der Waals surface area contributed by atoms with Crippen LogP contribution in [0, 0.1) is 11.6 Å². The third-order valence-electron chi connectivity index (χ3n) is 2.51. The second-order valence-corrected chi connectivity index (χ2v) is 4.90. The smallest absolute Gasteiger partial charge is 0.335 e. The van der Waals surface area contributed by atoms with Crippen molar-refractivity contribution < 1.29 is 18.7 Å². The number of hydrogen-bond acceptors (Lipinski definition) is 2. The summed E-state index contributed by atoms with van der Waals surface area (Å²) in [6, 6.07) is 9.42. The van der Waals surface area contributed by atoms with Gasteiger partial charge in [0.1, 0.15) is 11.6 Å². The molecule has 0 saturated carbocycles. The molecular formula is C14H10F2O2S. The zero-order valence-corrected chi connectivity index (χ0v) is 10.6. The summed E-state index contributed by atoms with van der Waals surface area (Å²) in [5.74, 6) is -1.58. The lowest BCUT2D eigenvalue weighted by atomic mass is 10.1. The number of benzene rings is 2. The van der Waals surface area contributed by atoms with E-state index in [4.69, 9.17) is 5.11 Å². The second kappa shape index (κ2) is 5.84. The molecule has 0 aliphatic carbocycles. The number of hydrogen-bond donors (Lipinski definition) is 1. The summed E-state index contributed by atoms with van der Waals surface area (Å²) in [5.41, 5.74) is 0.484. The number of halogens is 2. The van der Waals surface area contributed by atoms with Crippen LogP contribution in [-0.4, -0.2) is 11.1 Å².